The number of carboxylic acids is 3. The number of aromatic nitrogens is 1. The molecule has 5 heterocycles. The van der Waals surface area contributed by atoms with Gasteiger partial charge in [-0.25, -0.2) is 19.0 Å². The molecule has 1 aromatic heterocycles. The van der Waals surface area contributed by atoms with Crippen molar-refractivity contribution in [3.8, 4) is 11.5 Å². The highest BCUT2D eigenvalue weighted by atomic mass is 32.2. The maximum absolute atomic E-state index is 13.8. The number of halogens is 1. The number of likely N-dealkylation sites (N-methyl/N-ethyl adjacent to an activating group) is 1. The first-order valence-electron chi connectivity index (χ1n) is 17.6. The van der Waals surface area contributed by atoms with Crippen LogP contribution in [0.1, 0.15) is 54.6 Å². The van der Waals surface area contributed by atoms with Gasteiger partial charge in [-0.3, -0.25) is 28.9 Å². The van der Waals surface area contributed by atoms with Crippen LogP contribution in [0.2, 0.25) is 0 Å². The first kappa shape index (κ1) is 41.0. The SMILES string of the molecule is C[N+]1(CC2=C(C(=O)O)N3C(=O)[C@@H](CC(=O)/C(=N\O[C@@H](CC(=O)O)C(=O)O)c4csc(N)n4)[C@H]3SC2)[C@@H]2CC[C@H]1CC(CNC(=O)C(=O)c1cc(O)c(O)c(F)c1)C2. The van der Waals surface area contributed by atoms with Gasteiger partial charge >= 0.3 is 17.9 Å². The number of hydrogen-bond donors (Lipinski definition) is 7. The van der Waals surface area contributed by atoms with E-state index in [9.17, 15) is 58.4 Å². The van der Waals surface area contributed by atoms with E-state index in [0.717, 1.165) is 30.2 Å². The summed E-state index contributed by atoms with van der Waals surface area (Å²) in [7, 11) is 2.04. The van der Waals surface area contributed by atoms with Gasteiger partial charge in [0.05, 0.1) is 36.8 Å². The van der Waals surface area contributed by atoms with Crippen molar-refractivity contribution in [2.45, 2.75) is 62.1 Å². The van der Waals surface area contributed by atoms with Crippen LogP contribution in [0.3, 0.4) is 0 Å². The summed E-state index contributed by atoms with van der Waals surface area (Å²) in [6, 6.07) is 1.61. The second-order valence-corrected chi connectivity index (χ2v) is 16.5. The molecule has 6 rings (SSSR count). The van der Waals surface area contributed by atoms with Crippen molar-refractivity contribution in [1.82, 2.24) is 15.2 Å². The number of fused-ring (bicyclic) bond motifs is 3. The molecule has 2 bridgehead atoms. The molecule has 1 aromatic carbocycles. The third-order valence-corrected chi connectivity index (χ3v) is 13.1. The van der Waals surface area contributed by atoms with Gasteiger partial charge in [0, 0.05) is 60.9 Å². The lowest BCUT2D eigenvalue weighted by Crippen LogP contribution is -2.64. The molecular weight excluding hydrogens is 796 g/mol. The first-order valence-corrected chi connectivity index (χ1v) is 19.5. The average molecular weight is 834 g/mol. The Balaban J connectivity index is 1.11. The number of quaternary nitrogens is 1. The number of thioether (sulfide) groups is 1. The van der Waals surface area contributed by atoms with Crippen LogP contribution in [0.15, 0.2) is 33.9 Å². The van der Waals surface area contributed by atoms with E-state index in [4.69, 9.17) is 15.7 Å². The predicted molar refractivity (Wildman–Crippen MR) is 196 cm³/mol. The summed E-state index contributed by atoms with van der Waals surface area (Å²) in [6.07, 6.45) is -0.384. The van der Waals surface area contributed by atoms with E-state index in [1.54, 1.807) is 0 Å². The molecule has 57 heavy (non-hydrogen) atoms. The Morgan fingerprint density at radius 1 is 1.12 bits per heavy atom. The number of aliphatic carboxylic acids is 3. The number of nitrogens with two attached hydrogens (primary N) is 1. The van der Waals surface area contributed by atoms with Crippen LogP contribution in [0.25, 0.3) is 0 Å². The van der Waals surface area contributed by atoms with Crippen LogP contribution < -0.4 is 11.1 Å². The Kier molecular flexibility index (Phi) is 11.6. The number of thiazole rings is 1. The number of carboxylic acid groups (broad SMARTS) is 3. The lowest BCUT2D eigenvalue weighted by Gasteiger charge is -2.52. The number of carbonyl (C=O) groups is 7. The fraction of sp³-hybridized carbons (Fsp3) is 0.457. The van der Waals surface area contributed by atoms with Crippen molar-refractivity contribution >= 4 is 75.2 Å². The summed E-state index contributed by atoms with van der Waals surface area (Å²) in [5, 5.41) is 54.7. The maximum atomic E-state index is 13.8. The van der Waals surface area contributed by atoms with Gasteiger partial charge < -0.3 is 45.9 Å². The molecule has 0 radical (unpaired) electrons. The molecule has 2 unspecified atom stereocenters. The maximum Gasteiger partial charge on any atom is 0.352 e. The number of nitrogens with zero attached hydrogens (tertiary/aromatic N) is 4. The number of aromatic hydroxyl groups is 2. The molecule has 4 aliphatic heterocycles. The second-order valence-electron chi connectivity index (χ2n) is 14.5. The van der Waals surface area contributed by atoms with Crippen molar-refractivity contribution in [3.63, 3.8) is 0 Å². The normalized spacial score (nSPS) is 25.9. The molecule has 4 aliphatic rings. The van der Waals surface area contributed by atoms with E-state index in [1.165, 1.54) is 22.0 Å². The van der Waals surface area contributed by atoms with Crippen LogP contribution in [-0.4, -0.2) is 136 Å². The first-order chi connectivity index (χ1) is 26.9. The Hall–Kier alpha value is -5.61. The van der Waals surface area contributed by atoms with E-state index in [-0.39, 0.29) is 46.8 Å². The summed E-state index contributed by atoms with van der Waals surface area (Å²) in [4.78, 5) is 97.9. The zero-order valence-electron chi connectivity index (χ0n) is 30.1. The summed E-state index contributed by atoms with van der Waals surface area (Å²) in [5.74, 6) is -11.8. The Morgan fingerprint density at radius 3 is 2.39 bits per heavy atom. The number of nitrogens with one attached hydrogen (secondary N) is 1. The number of anilines is 1. The molecule has 0 aliphatic carbocycles. The third kappa shape index (κ3) is 8.14. The minimum absolute atomic E-state index is 0.0181. The number of carbonyl (C=O) groups excluding carboxylic acids is 4. The summed E-state index contributed by atoms with van der Waals surface area (Å²) >= 11 is 2.25. The van der Waals surface area contributed by atoms with Gasteiger partial charge in [-0.05, 0) is 18.1 Å². The number of ketones is 2. The summed E-state index contributed by atoms with van der Waals surface area (Å²) in [5.41, 5.74) is 5.14. The van der Waals surface area contributed by atoms with Gasteiger partial charge in [0.1, 0.15) is 17.9 Å². The van der Waals surface area contributed by atoms with Crippen LogP contribution in [-0.2, 0) is 33.6 Å². The summed E-state index contributed by atoms with van der Waals surface area (Å²) < 4.78 is 14.3. The van der Waals surface area contributed by atoms with Gasteiger partial charge in [-0.1, -0.05) is 5.16 Å². The number of Topliss-reactive ketones (excluding diaryl/α,β-unsaturated/α-hetero) is 2. The van der Waals surface area contributed by atoms with Gasteiger partial charge in [0.15, 0.2) is 33.9 Å². The summed E-state index contributed by atoms with van der Waals surface area (Å²) in [6.45, 7) is 0.488. The van der Waals surface area contributed by atoms with Crippen molar-refractivity contribution in [1.29, 1.82) is 0 Å². The smallest absolute Gasteiger partial charge is 0.352 e. The lowest BCUT2D eigenvalue weighted by molar-refractivity contribution is -0.945. The molecule has 3 saturated heterocycles. The third-order valence-electron chi connectivity index (χ3n) is 11.0. The van der Waals surface area contributed by atoms with Crippen molar-refractivity contribution in [2.24, 2.45) is 17.0 Å². The number of piperidine rings is 1. The highest BCUT2D eigenvalue weighted by Gasteiger charge is 2.57. The van der Waals surface area contributed by atoms with Crippen molar-refractivity contribution in [3.05, 3.63) is 45.9 Å². The number of amides is 2. The highest BCUT2D eigenvalue weighted by molar-refractivity contribution is 8.00. The monoisotopic (exact) mass is 833 g/mol. The topological polar surface area (TPSA) is 296 Å². The zero-order chi connectivity index (χ0) is 41.5. The second kappa shape index (κ2) is 16.1. The number of phenols is 2. The zero-order valence-corrected chi connectivity index (χ0v) is 31.8. The number of nitrogen functional groups attached to an aromatic ring is 1. The lowest BCUT2D eigenvalue weighted by atomic mass is 9.87. The van der Waals surface area contributed by atoms with Gasteiger partial charge in [-0.2, -0.15) is 0 Å². The fourth-order valence-electron chi connectivity index (χ4n) is 8.17. The number of β-lactam (4-membered cyclic amide) rings is 1. The quantitative estimate of drug-likeness (QED) is 0.0237. The number of rotatable bonds is 16. The van der Waals surface area contributed by atoms with E-state index >= 15 is 0 Å². The number of hydrogen-bond acceptors (Lipinski definition) is 15. The van der Waals surface area contributed by atoms with Crippen molar-refractivity contribution in [2.75, 3.05) is 31.6 Å². The minimum Gasteiger partial charge on any atom is -0.504 e. The van der Waals surface area contributed by atoms with Crippen LogP contribution in [0.5, 0.6) is 11.5 Å². The Labute approximate surface area is 330 Å². The molecule has 19 nitrogen and oxygen atoms in total. The molecular formula is C35H38FN6O13S2+. The molecule has 0 spiro atoms. The van der Waals surface area contributed by atoms with E-state index in [0.29, 0.717) is 35.5 Å². The molecule has 7 atom stereocenters. The van der Waals surface area contributed by atoms with E-state index in [1.807, 2.05) is 7.05 Å². The van der Waals surface area contributed by atoms with Gasteiger partial charge in [0.2, 0.25) is 17.8 Å². The Bertz CT molecular complexity index is 2090. The fourth-order valence-corrected chi connectivity index (χ4v) is 10.1. The highest BCUT2D eigenvalue weighted by Crippen LogP contribution is 2.49. The molecule has 0 saturated carbocycles. The van der Waals surface area contributed by atoms with Crippen LogP contribution >= 0.6 is 23.1 Å². The van der Waals surface area contributed by atoms with E-state index in [2.05, 4.69) is 15.5 Å². The molecule has 8 N–H and O–H groups in total. The van der Waals surface area contributed by atoms with Crippen molar-refractivity contribution < 1.29 is 72.8 Å². The molecule has 2 amide bonds. The van der Waals surface area contributed by atoms with Gasteiger partial charge in [0.25, 0.3) is 5.91 Å². The standard InChI is InChI=1S/C35H37FN6O13S2/c1-42(17-2-3-18(42)5-14(4-17)10-38-30(49)28(47)15-6-20(36)29(48)23(44)7-15)11-16-12-56-32-19(31(50)41(32)27(16)34(53)54)8-22(43)26(21-13-57-35(37)39-21)40-55-24(33(51)52)9-25(45)46/h6-7,13-14,17-19,24,32H,2-5,8-12H2,1H3,(H7-,37,38,39,40,43,44,45,46,47,48,49,51,52,53,54)/p+1/t14?,17-,18+,19-,24+,32-,42?/m1/s1. The molecule has 2 aromatic rings. The van der Waals surface area contributed by atoms with E-state index < -0.39 is 100 Å². The van der Waals surface area contributed by atoms with Crippen LogP contribution in [0, 0.1) is 17.7 Å². The predicted octanol–water partition coefficient (Wildman–Crippen LogP) is 1.14. The van der Waals surface area contributed by atoms with Gasteiger partial charge in [-0.15, -0.1) is 23.1 Å². The Morgan fingerprint density at radius 2 is 1.81 bits per heavy atom. The number of phenolic OH excluding ortho intramolecular Hbond substituents is 2. The largest absolute Gasteiger partial charge is 0.504 e. The van der Waals surface area contributed by atoms with Crippen LogP contribution in [0.4, 0.5) is 9.52 Å². The molecule has 304 valence electrons. The average Bonchev–Trinajstić information content (AvgIpc) is 3.61. The minimum atomic E-state index is -1.93. The number of benzene rings is 1. The molecule has 22 heteroatoms. The molecule has 3 fully saturated rings. The number of oxime groups is 1.